The molecule has 1 aromatic heterocycles. The van der Waals surface area contributed by atoms with E-state index < -0.39 is 11.9 Å². The maximum atomic E-state index is 12.1. The van der Waals surface area contributed by atoms with Crippen molar-refractivity contribution in [2.45, 2.75) is 45.1 Å². The van der Waals surface area contributed by atoms with Gasteiger partial charge in [-0.05, 0) is 45.7 Å². The van der Waals surface area contributed by atoms with Crippen LogP contribution in [0.3, 0.4) is 0 Å². The molecule has 0 atom stereocenters. The highest BCUT2D eigenvalue weighted by Gasteiger charge is 2.26. The number of likely N-dealkylation sites (tertiary alicyclic amines) is 2. The monoisotopic (exact) mass is 412 g/mol. The van der Waals surface area contributed by atoms with E-state index in [1.165, 1.54) is 56.5 Å². The largest absolute Gasteiger partial charge is 0.473 e. The first-order valence-corrected chi connectivity index (χ1v) is 10.3. The number of aliphatic carboxylic acids is 2. The molecule has 9 nitrogen and oxygen atoms in total. The molecular weight excluding hydrogens is 384 g/mol. The molecule has 0 radical (unpaired) electrons. The number of aryl methyl sites for hydroxylation is 1. The fourth-order valence-corrected chi connectivity index (χ4v) is 4.18. The molecule has 1 aromatic rings. The molecule has 0 aromatic carbocycles. The predicted molar refractivity (Wildman–Crippen MR) is 106 cm³/mol. The Labute approximate surface area is 168 Å². The third-order valence-electron chi connectivity index (χ3n) is 4.88. The normalized spacial score (nSPS) is 18.8. The molecule has 156 valence electrons. The minimum absolute atomic E-state index is 0.0609. The van der Waals surface area contributed by atoms with E-state index in [4.69, 9.17) is 19.8 Å². The third-order valence-corrected chi connectivity index (χ3v) is 5.71. The van der Waals surface area contributed by atoms with Gasteiger partial charge < -0.3 is 20.4 Å². The molecule has 2 aliphatic rings. The second kappa shape index (κ2) is 11.1. The Balaban J connectivity index is 0.000000409. The molecule has 2 saturated heterocycles. The predicted octanol–water partition coefficient (Wildman–Crippen LogP) is 1.50. The Bertz CT molecular complexity index is 655. The van der Waals surface area contributed by atoms with Gasteiger partial charge in [0, 0.05) is 30.2 Å². The summed E-state index contributed by atoms with van der Waals surface area (Å²) in [4.78, 5) is 40.5. The summed E-state index contributed by atoms with van der Waals surface area (Å²) in [5.41, 5.74) is 0. The number of nitrogens with one attached hydrogen (secondary N) is 1. The minimum atomic E-state index is -1.82. The lowest BCUT2D eigenvalue weighted by Crippen LogP contribution is -2.48. The molecule has 3 heterocycles. The number of nitrogens with zero attached hydrogens (tertiary/aromatic N) is 3. The van der Waals surface area contributed by atoms with Crippen LogP contribution >= 0.6 is 11.3 Å². The molecule has 0 saturated carbocycles. The summed E-state index contributed by atoms with van der Waals surface area (Å²) in [5.74, 6) is -3.59. The number of thiazole rings is 1. The first-order valence-electron chi connectivity index (χ1n) is 9.50. The van der Waals surface area contributed by atoms with Gasteiger partial charge >= 0.3 is 11.9 Å². The van der Waals surface area contributed by atoms with E-state index in [1.807, 2.05) is 6.92 Å². The van der Waals surface area contributed by atoms with E-state index in [2.05, 4.69) is 20.1 Å². The van der Waals surface area contributed by atoms with Crippen molar-refractivity contribution in [2.24, 2.45) is 0 Å². The topological polar surface area (TPSA) is 123 Å². The standard InChI is InChI=1S/C16H26N4OS.C2H2O4/c1-13-11-17-16(22-13)18-15(21)12-19-9-5-14(6-10-19)20-7-3-2-4-8-20;3-1(4)2(5)6/h11,14H,2-10,12H2,1H3,(H,17,18,21);(H,3,4)(H,5,6). The molecule has 2 fully saturated rings. The van der Waals surface area contributed by atoms with Crippen molar-refractivity contribution in [3.63, 3.8) is 0 Å². The second-order valence-electron chi connectivity index (χ2n) is 7.04. The van der Waals surface area contributed by atoms with Gasteiger partial charge in [0.25, 0.3) is 0 Å². The van der Waals surface area contributed by atoms with Crippen LogP contribution in [-0.2, 0) is 14.4 Å². The van der Waals surface area contributed by atoms with Crippen LogP contribution in [0.15, 0.2) is 6.20 Å². The fourth-order valence-electron chi connectivity index (χ4n) is 3.50. The van der Waals surface area contributed by atoms with Crippen LogP contribution in [0.4, 0.5) is 5.13 Å². The van der Waals surface area contributed by atoms with Gasteiger partial charge in [-0.1, -0.05) is 6.42 Å². The van der Waals surface area contributed by atoms with Crippen molar-refractivity contribution in [1.29, 1.82) is 0 Å². The van der Waals surface area contributed by atoms with Crippen LogP contribution in [0.5, 0.6) is 0 Å². The second-order valence-corrected chi connectivity index (χ2v) is 8.27. The Morgan fingerprint density at radius 3 is 2.21 bits per heavy atom. The first-order chi connectivity index (χ1) is 13.3. The van der Waals surface area contributed by atoms with Gasteiger partial charge in [-0.25, -0.2) is 14.6 Å². The number of carbonyl (C=O) groups excluding carboxylic acids is 1. The highest BCUT2D eigenvalue weighted by atomic mass is 32.1. The van der Waals surface area contributed by atoms with Gasteiger partial charge in [-0.3, -0.25) is 9.69 Å². The van der Waals surface area contributed by atoms with Crippen molar-refractivity contribution in [2.75, 3.05) is 38.0 Å². The summed E-state index contributed by atoms with van der Waals surface area (Å²) < 4.78 is 0. The van der Waals surface area contributed by atoms with E-state index in [0.717, 1.165) is 24.0 Å². The molecule has 0 spiro atoms. The zero-order chi connectivity index (χ0) is 20.5. The fraction of sp³-hybridized carbons (Fsp3) is 0.667. The van der Waals surface area contributed by atoms with Crippen molar-refractivity contribution >= 4 is 34.3 Å². The Kier molecular flexibility index (Phi) is 8.81. The summed E-state index contributed by atoms with van der Waals surface area (Å²) in [6, 6.07) is 0.737. The number of amides is 1. The van der Waals surface area contributed by atoms with Crippen LogP contribution in [0, 0.1) is 6.92 Å². The zero-order valence-electron chi connectivity index (χ0n) is 16.1. The molecule has 3 N–H and O–H groups in total. The van der Waals surface area contributed by atoms with E-state index >= 15 is 0 Å². The molecule has 0 unspecified atom stereocenters. The Hall–Kier alpha value is -2.04. The SMILES string of the molecule is Cc1cnc(NC(=O)CN2CCC(N3CCCCC3)CC2)s1.O=C(O)C(=O)O. The van der Waals surface area contributed by atoms with Crippen molar-refractivity contribution in [3.8, 4) is 0 Å². The van der Waals surface area contributed by atoms with E-state index in [0.29, 0.717) is 11.7 Å². The maximum Gasteiger partial charge on any atom is 0.414 e. The van der Waals surface area contributed by atoms with Gasteiger partial charge in [-0.15, -0.1) is 11.3 Å². The smallest absolute Gasteiger partial charge is 0.414 e. The first kappa shape index (κ1) is 22.3. The summed E-state index contributed by atoms with van der Waals surface area (Å²) >= 11 is 1.53. The van der Waals surface area contributed by atoms with E-state index in [-0.39, 0.29) is 5.91 Å². The molecule has 1 amide bonds. The maximum absolute atomic E-state index is 12.1. The number of hydrogen-bond donors (Lipinski definition) is 3. The van der Waals surface area contributed by atoms with Gasteiger partial charge in [0.05, 0.1) is 6.54 Å². The van der Waals surface area contributed by atoms with Crippen molar-refractivity contribution < 1.29 is 24.6 Å². The van der Waals surface area contributed by atoms with Gasteiger partial charge in [0.1, 0.15) is 0 Å². The van der Waals surface area contributed by atoms with Gasteiger partial charge in [-0.2, -0.15) is 0 Å². The highest BCUT2D eigenvalue weighted by Crippen LogP contribution is 2.21. The highest BCUT2D eigenvalue weighted by molar-refractivity contribution is 7.15. The lowest BCUT2D eigenvalue weighted by Gasteiger charge is -2.40. The number of piperidine rings is 2. The average molecular weight is 413 g/mol. The molecule has 3 rings (SSSR count). The molecular formula is C18H28N4O5S. The zero-order valence-corrected chi connectivity index (χ0v) is 16.9. The molecule has 0 aliphatic carbocycles. The quantitative estimate of drug-likeness (QED) is 0.636. The number of aromatic nitrogens is 1. The third kappa shape index (κ3) is 7.53. The lowest BCUT2D eigenvalue weighted by molar-refractivity contribution is -0.159. The number of carboxylic acids is 2. The van der Waals surface area contributed by atoms with Crippen LogP contribution < -0.4 is 5.32 Å². The van der Waals surface area contributed by atoms with Crippen LogP contribution in [-0.4, -0.2) is 81.6 Å². The van der Waals surface area contributed by atoms with Crippen molar-refractivity contribution in [3.05, 3.63) is 11.1 Å². The van der Waals surface area contributed by atoms with Gasteiger partial charge in [0.2, 0.25) is 5.91 Å². The Morgan fingerprint density at radius 2 is 1.71 bits per heavy atom. The summed E-state index contributed by atoms with van der Waals surface area (Å²) in [7, 11) is 0. The summed E-state index contributed by atoms with van der Waals surface area (Å²) in [6.45, 7) is 7.10. The van der Waals surface area contributed by atoms with E-state index in [1.54, 1.807) is 6.20 Å². The molecule has 10 heteroatoms. The molecule has 0 bridgehead atoms. The summed E-state index contributed by atoms with van der Waals surface area (Å²) in [5, 5.41) is 18.4. The van der Waals surface area contributed by atoms with Gasteiger partial charge in [0.15, 0.2) is 5.13 Å². The van der Waals surface area contributed by atoms with Crippen LogP contribution in [0.1, 0.15) is 37.0 Å². The number of anilines is 1. The van der Waals surface area contributed by atoms with Crippen LogP contribution in [0.2, 0.25) is 0 Å². The lowest BCUT2D eigenvalue weighted by atomic mass is 10.00. The minimum Gasteiger partial charge on any atom is -0.473 e. The molecule has 28 heavy (non-hydrogen) atoms. The van der Waals surface area contributed by atoms with E-state index in [9.17, 15) is 4.79 Å². The number of carbonyl (C=O) groups is 3. The Morgan fingerprint density at radius 1 is 1.11 bits per heavy atom. The molecule has 2 aliphatic heterocycles. The van der Waals surface area contributed by atoms with Crippen molar-refractivity contribution in [1.82, 2.24) is 14.8 Å². The number of rotatable bonds is 4. The average Bonchev–Trinajstić information content (AvgIpc) is 3.08. The van der Waals surface area contributed by atoms with Crippen LogP contribution in [0.25, 0.3) is 0 Å². The summed E-state index contributed by atoms with van der Waals surface area (Å²) in [6.07, 6.45) is 8.30. The number of hydrogen-bond acceptors (Lipinski definition) is 7. The number of carboxylic acid groups (broad SMARTS) is 2.